The monoisotopic (exact) mass is 380 g/mol. The summed E-state index contributed by atoms with van der Waals surface area (Å²) in [6, 6.07) is 9.54. The van der Waals surface area contributed by atoms with Crippen molar-refractivity contribution in [2.75, 3.05) is 11.9 Å². The smallest absolute Gasteiger partial charge is 0.321 e. The highest BCUT2D eigenvalue weighted by Gasteiger charge is 2.10. The Morgan fingerprint density at radius 2 is 2.07 bits per heavy atom. The predicted molar refractivity (Wildman–Crippen MR) is 103 cm³/mol. The zero-order chi connectivity index (χ0) is 18.8. The summed E-state index contributed by atoms with van der Waals surface area (Å²) in [5.41, 5.74) is 3.43. The molecule has 4 aromatic rings. The number of carbonyl (C=O) groups excluding carboxylic acids is 1. The van der Waals surface area contributed by atoms with Crippen LogP contribution in [-0.2, 0) is 7.05 Å². The van der Waals surface area contributed by atoms with E-state index >= 15 is 0 Å². The lowest BCUT2D eigenvalue weighted by Crippen LogP contribution is -2.28. The van der Waals surface area contributed by atoms with E-state index in [0.717, 1.165) is 21.3 Å². The first-order valence-electron chi connectivity index (χ1n) is 8.28. The third kappa shape index (κ3) is 3.60. The number of hydrogen-bond acceptors (Lipinski definition) is 7. The maximum absolute atomic E-state index is 11.6. The molecule has 0 atom stereocenters. The van der Waals surface area contributed by atoms with Gasteiger partial charge in [-0.3, -0.25) is 10.3 Å². The van der Waals surface area contributed by atoms with E-state index in [0.29, 0.717) is 23.2 Å². The number of amides is 2. The Balaban J connectivity index is 1.59. The van der Waals surface area contributed by atoms with Gasteiger partial charge in [0.1, 0.15) is 5.69 Å². The molecule has 0 saturated heterocycles. The van der Waals surface area contributed by atoms with E-state index in [-0.39, 0.29) is 6.03 Å². The van der Waals surface area contributed by atoms with Gasteiger partial charge >= 0.3 is 6.03 Å². The van der Waals surface area contributed by atoms with Gasteiger partial charge in [0.2, 0.25) is 5.82 Å². The van der Waals surface area contributed by atoms with Crippen molar-refractivity contribution < 1.29 is 4.79 Å². The van der Waals surface area contributed by atoms with Crippen LogP contribution in [0.2, 0.25) is 0 Å². The van der Waals surface area contributed by atoms with Crippen LogP contribution in [0.15, 0.2) is 36.5 Å². The Morgan fingerprint density at radius 1 is 1.22 bits per heavy atom. The quantitative estimate of drug-likeness (QED) is 0.563. The minimum atomic E-state index is -0.255. The van der Waals surface area contributed by atoms with E-state index in [1.165, 1.54) is 16.1 Å². The van der Waals surface area contributed by atoms with Gasteiger partial charge < -0.3 is 5.32 Å². The largest absolute Gasteiger partial charge is 0.338 e. The molecule has 9 nitrogen and oxygen atoms in total. The number of nitrogens with one attached hydrogen (secondary N) is 2. The normalized spacial score (nSPS) is 10.9. The second-order valence-electron chi connectivity index (χ2n) is 5.72. The Hall–Kier alpha value is -3.40. The van der Waals surface area contributed by atoms with E-state index in [4.69, 9.17) is 0 Å². The van der Waals surface area contributed by atoms with Gasteiger partial charge in [0, 0.05) is 18.3 Å². The SMILES string of the molecule is CCNC(=O)Nc1nc2cc(-c3ccc(-c4nnn(C)n4)nc3)ccc2s1. The molecule has 4 rings (SSSR count). The highest BCUT2D eigenvalue weighted by molar-refractivity contribution is 7.22. The van der Waals surface area contributed by atoms with Crippen molar-refractivity contribution in [3.63, 3.8) is 0 Å². The highest BCUT2D eigenvalue weighted by Crippen LogP contribution is 2.30. The number of thiazole rings is 1. The molecule has 0 fully saturated rings. The fourth-order valence-electron chi connectivity index (χ4n) is 2.55. The number of urea groups is 1. The molecule has 1 aromatic carbocycles. The van der Waals surface area contributed by atoms with Crippen molar-refractivity contribution in [2.45, 2.75) is 6.92 Å². The molecule has 2 amide bonds. The fourth-order valence-corrected chi connectivity index (χ4v) is 3.39. The van der Waals surface area contributed by atoms with Crippen LogP contribution in [0, 0.1) is 0 Å². The van der Waals surface area contributed by atoms with E-state index in [1.54, 1.807) is 13.2 Å². The van der Waals surface area contributed by atoms with Gasteiger partial charge in [0.25, 0.3) is 0 Å². The molecule has 0 unspecified atom stereocenters. The molecule has 0 spiro atoms. The van der Waals surface area contributed by atoms with Crippen LogP contribution < -0.4 is 10.6 Å². The van der Waals surface area contributed by atoms with Crippen molar-refractivity contribution in [2.24, 2.45) is 7.05 Å². The first-order chi connectivity index (χ1) is 13.1. The second-order valence-corrected chi connectivity index (χ2v) is 6.75. The lowest BCUT2D eigenvalue weighted by molar-refractivity contribution is 0.252. The number of hydrogen-bond donors (Lipinski definition) is 2. The standard InChI is InChI=1S/C17H16N8OS/c1-3-18-16(26)21-17-20-13-8-10(5-7-14(13)27-17)11-4-6-12(19-9-11)15-22-24-25(2)23-15/h4-9H,3H2,1-2H3,(H2,18,20,21,26). The lowest BCUT2D eigenvalue weighted by Gasteiger charge is -2.02. The number of carbonyl (C=O) groups is 1. The average molecular weight is 380 g/mol. The summed E-state index contributed by atoms with van der Waals surface area (Å²) in [6.07, 6.45) is 1.77. The number of pyridine rings is 1. The number of aromatic nitrogens is 6. The minimum Gasteiger partial charge on any atom is -0.338 e. The van der Waals surface area contributed by atoms with Crippen LogP contribution in [-0.4, -0.2) is 42.8 Å². The first-order valence-corrected chi connectivity index (χ1v) is 9.10. The van der Waals surface area contributed by atoms with E-state index in [9.17, 15) is 4.79 Å². The molecule has 3 aromatic heterocycles. The topological polar surface area (TPSA) is 111 Å². The lowest BCUT2D eigenvalue weighted by atomic mass is 10.1. The number of tetrazole rings is 1. The highest BCUT2D eigenvalue weighted by atomic mass is 32.1. The number of rotatable bonds is 4. The maximum Gasteiger partial charge on any atom is 0.321 e. The van der Waals surface area contributed by atoms with Gasteiger partial charge in [-0.25, -0.2) is 9.78 Å². The molecular formula is C17H16N8OS. The van der Waals surface area contributed by atoms with Crippen LogP contribution in [0.3, 0.4) is 0 Å². The van der Waals surface area contributed by atoms with Crippen molar-refractivity contribution in [3.8, 4) is 22.6 Å². The zero-order valence-corrected chi connectivity index (χ0v) is 15.5. The minimum absolute atomic E-state index is 0.255. The van der Waals surface area contributed by atoms with Gasteiger partial charge in [0.15, 0.2) is 5.13 Å². The van der Waals surface area contributed by atoms with E-state index in [1.807, 2.05) is 37.3 Å². The van der Waals surface area contributed by atoms with Crippen molar-refractivity contribution >= 4 is 32.7 Å². The summed E-state index contributed by atoms with van der Waals surface area (Å²) in [7, 11) is 1.71. The molecule has 0 aliphatic carbocycles. The predicted octanol–water partition coefficient (Wildman–Crippen LogP) is 2.69. The summed E-state index contributed by atoms with van der Waals surface area (Å²) in [6.45, 7) is 2.43. The van der Waals surface area contributed by atoms with Crippen molar-refractivity contribution in [1.82, 2.24) is 35.5 Å². The molecule has 0 bridgehead atoms. The molecule has 136 valence electrons. The third-order valence-corrected chi connectivity index (χ3v) is 4.73. The van der Waals surface area contributed by atoms with Crippen molar-refractivity contribution in [1.29, 1.82) is 0 Å². The zero-order valence-electron chi connectivity index (χ0n) is 14.7. The summed E-state index contributed by atoms with van der Waals surface area (Å²) in [4.78, 5) is 22.0. The van der Waals surface area contributed by atoms with Crippen LogP contribution >= 0.6 is 11.3 Å². The number of anilines is 1. The molecule has 3 heterocycles. The summed E-state index contributed by atoms with van der Waals surface area (Å²) >= 11 is 1.43. The molecule has 2 N–H and O–H groups in total. The van der Waals surface area contributed by atoms with Gasteiger partial charge in [0.05, 0.1) is 17.3 Å². The third-order valence-electron chi connectivity index (χ3n) is 3.78. The maximum atomic E-state index is 11.6. The van der Waals surface area contributed by atoms with Gasteiger partial charge in [-0.15, -0.1) is 10.2 Å². The van der Waals surface area contributed by atoms with E-state index < -0.39 is 0 Å². The molecule has 0 aliphatic rings. The number of fused-ring (bicyclic) bond motifs is 1. The summed E-state index contributed by atoms with van der Waals surface area (Å²) in [5, 5.41) is 17.9. The van der Waals surface area contributed by atoms with Crippen LogP contribution in [0.5, 0.6) is 0 Å². The molecular weight excluding hydrogens is 364 g/mol. The Kier molecular flexibility index (Phi) is 4.47. The van der Waals surface area contributed by atoms with Crippen molar-refractivity contribution in [3.05, 3.63) is 36.5 Å². The molecule has 10 heteroatoms. The Bertz CT molecular complexity index is 1100. The Labute approximate surface area is 158 Å². The van der Waals surface area contributed by atoms with E-state index in [2.05, 4.69) is 36.0 Å². The Morgan fingerprint density at radius 3 is 2.78 bits per heavy atom. The first kappa shape index (κ1) is 17.0. The average Bonchev–Trinajstić information content (AvgIpc) is 3.27. The van der Waals surface area contributed by atoms with Crippen LogP contribution in [0.4, 0.5) is 9.93 Å². The van der Waals surface area contributed by atoms with Gasteiger partial charge in [-0.05, 0) is 35.9 Å². The fraction of sp³-hybridized carbons (Fsp3) is 0.176. The number of benzene rings is 1. The molecule has 0 radical (unpaired) electrons. The molecule has 0 aliphatic heterocycles. The van der Waals surface area contributed by atoms with Gasteiger partial charge in [-0.2, -0.15) is 4.80 Å². The summed E-state index contributed by atoms with van der Waals surface area (Å²) < 4.78 is 0.999. The second kappa shape index (κ2) is 7.08. The van der Waals surface area contributed by atoms with Crippen LogP contribution in [0.25, 0.3) is 32.9 Å². The summed E-state index contributed by atoms with van der Waals surface area (Å²) in [5.74, 6) is 0.486. The molecule has 27 heavy (non-hydrogen) atoms. The number of aryl methyl sites for hydroxylation is 1. The van der Waals surface area contributed by atoms with Gasteiger partial charge in [-0.1, -0.05) is 23.5 Å². The number of nitrogens with zero attached hydrogens (tertiary/aromatic N) is 6. The molecule has 0 saturated carbocycles. The van der Waals surface area contributed by atoms with Crippen LogP contribution in [0.1, 0.15) is 6.92 Å².